The summed E-state index contributed by atoms with van der Waals surface area (Å²) in [5.74, 6) is -1.60. The van der Waals surface area contributed by atoms with Gasteiger partial charge in [0.2, 0.25) is 5.78 Å². The smallest absolute Gasteiger partial charge is 0.289 e. The molecule has 2 amide bonds. The molecule has 1 heterocycles. The van der Waals surface area contributed by atoms with Gasteiger partial charge < -0.3 is 11.1 Å². The van der Waals surface area contributed by atoms with Crippen molar-refractivity contribution in [2.45, 2.75) is 44.1 Å². The Kier molecular flexibility index (Phi) is 3.82. The summed E-state index contributed by atoms with van der Waals surface area (Å²) in [6, 6.07) is 8.76. The van der Waals surface area contributed by atoms with Gasteiger partial charge in [0.05, 0.1) is 5.69 Å². The van der Waals surface area contributed by atoms with Crippen molar-refractivity contribution in [1.82, 2.24) is 5.32 Å². The molecule has 7 heteroatoms. The second-order valence-corrected chi connectivity index (χ2v) is 8.96. The lowest BCUT2D eigenvalue weighted by Crippen LogP contribution is -2.61. The Morgan fingerprint density at radius 1 is 1.04 bits per heavy atom. The predicted octanol–water partition coefficient (Wildman–Crippen LogP) is 1.58. The van der Waals surface area contributed by atoms with Gasteiger partial charge in [0.1, 0.15) is 5.84 Å². The Bertz CT molecular complexity index is 844. The van der Waals surface area contributed by atoms with E-state index in [9.17, 15) is 14.4 Å². The lowest BCUT2D eigenvalue weighted by Gasteiger charge is -2.56. The summed E-state index contributed by atoms with van der Waals surface area (Å²) in [5, 5.41) is 8.16. The summed E-state index contributed by atoms with van der Waals surface area (Å²) in [6.45, 7) is 0. The number of para-hydroxylation sites is 1. The van der Waals surface area contributed by atoms with Crippen LogP contribution in [-0.4, -0.2) is 29.0 Å². The highest BCUT2D eigenvalue weighted by molar-refractivity contribution is 6.47. The first-order valence-corrected chi connectivity index (χ1v) is 10.0. The number of hydrogen-bond acceptors (Lipinski definition) is 5. The second-order valence-electron chi connectivity index (χ2n) is 8.96. The minimum atomic E-state index is -1.34. The fourth-order valence-corrected chi connectivity index (χ4v) is 6.17. The van der Waals surface area contributed by atoms with E-state index in [1.165, 1.54) is 19.3 Å². The van der Waals surface area contributed by atoms with Crippen molar-refractivity contribution >= 4 is 29.1 Å². The molecule has 4 aliphatic carbocycles. The first kappa shape index (κ1) is 17.4. The molecule has 5 aliphatic rings. The van der Waals surface area contributed by atoms with Gasteiger partial charge >= 0.3 is 0 Å². The van der Waals surface area contributed by atoms with Crippen molar-refractivity contribution in [3.8, 4) is 0 Å². The van der Waals surface area contributed by atoms with E-state index in [0.29, 0.717) is 23.4 Å². The van der Waals surface area contributed by atoms with Gasteiger partial charge in [0.25, 0.3) is 11.8 Å². The van der Waals surface area contributed by atoms with Crippen LogP contribution < -0.4 is 16.1 Å². The molecule has 4 bridgehead atoms. The number of nitrogens with zero attached hydrogens (tertiary/aromatic N) is 2. The number of hydrazone groups is 1. The number of rotatable bonds is 4. The monoisotopic (exact) mass is 380 g/mol. The highest BCUT2D eigenvalue weighted by Crippen LogP contribution is 2.55. The molecule has 146 valence electrons. The zero-order valence-corrected chi connectivity index (χ0v) is 15.6. The molecule has 0 spiro atoms. The van der Waals surface area contributed by atoms with Gasteiger partial charge in [-0.25, -0.2) is 0 Å². The van der Waals surface area contributed by atoms with Crippen LogP contribution in [-0.2, 0) is 14.4 Å². The number of nitrogens with two attached hydrogens (primary N) is 1. The molecule has 3 N–H and O–H groups in total. The van der Waals surface area contributed by atoms with Gasteiger partial charge in [-0.15, -0.1) is 0 Å². The molecule has 6 rings (SSSR count). The van der Waals surface area contributed by atoms with Gasteiger partial charge in [0.15, 0.2) is 5.92 Å². The largest absolute Gasteiger partial charge is 0.385 e. The van der Waals surface area contributed by atoms with E-state index in [2.05, 4.69) is 10.4 Å². The van der Waals surface area contributed by atoms with E-state index < -0.39 is 23.5 Å². The molecule has 0 unspecified atom stereocenters. The SMILES string of the molecule is NC1=NN(c2ccccc2)C(=O)[C@H]1C(=O)C(=O)NC12CC3CC(CC(C3)C1)C2. The highest BCUT2D eigenvalue weighted by Gasteiger charge is 2.53. The maximum absolute atomic E-state index is 12.8. The number of benzene rings is 1. The first-order chi connectivity index (χ1) is 13.4. The van der Waals surface area contributed by atoms with E-state index in [1.807, 2.05) is 6.07 Å². The predicted molar refractivity (Wildman–Crippen MR) is 103 cm³/mol. The van der Waals surface area contributed by atoms with Gasteiger partial charge in [-0.05, 0) is 68.4 Å². The van der Waals surface area contributed by atoms with Crippen molar-refractivity contribution in [3.05, 3.63) is 30.3 Å². The summed E-state index contributed by atoms with van der Waals surface area (Å²) in [6.07, 6.45) is 6.56. The second kappa shape index (κ2) is 6.15. The first-order valence-electron chi connectivity index (χ1n) is 10.0. The van der Waals surface area contributed by atoms with Crippen LogP contribution in [0.25, 0.3) is 0 Å². The number of amidine groups is 1. The number of anilines is 1. The molecule has 4 fully saturated rings. The number of carbonyl (C=O) groups excluding carboxylic acids is 3. The summed E-state index contributed by atoms with van der Waals surface area (Å²) in [5.41, 5.74) is 6.12. The maximum Gasteiger partial charge on any atom is 0.289 e. The van der Waals surface area contributed by atoms with Crippen LogP contribution in [0, 0.1) is 23.7 Å². The van der Waals surface area contributed by atoms with Gasteiger partial charge in [-0.1, -0.05) is 18.2 Å². The zero-order chi connectivity index (χ0) is 19.5. The lowest BCUT2D eigenvalue weighted by atomic mass is 9.53. The van der Waals surface area contributed by atoms with E-state index >= 15 is 0 Å². The van der Waals surface area contributed by atoms with Crippen molar-refractivity contribution in [2.24, 2.45) is 34.5 Å². The molecular formula is C21H24N4O3. The highest BCUT2D eigenvalue weighted by atomic mass is 16.2. The van der Waals surface area contributed by atoms with Crippen LogP contribution in [0.4, 0.5) is 5.69 Å². The average molecular weight is 380 g/mol. The molecule has 1 aliphatic heterocycles. The van der Waals surface area contributed by atoms with E-state index in [4.69, 9.17) is 5.73 Å². The number of hydrogen-bond donors (Lipinski definition) is 2. The Balaban J connectivity index is 1.32. The minimum Gasteiger partial charge on any atom is -0.385 e. The number of amides is 2. The third-order valence-corrected chi connectivity index (χ3v) is 6.87. The fraction of sp³-hybridized carbons (Fsp3) is 0.524. The molecule has 28 heavy (non-hydrogen) atoms. The topological polar surface area (TPSA) is 105 Å². The van der Waals surface area contributed by atoms with Crippen LogP contribution in [0.1, 0.15) is 38.5 Å². The number of carbonyl (C=O) groups is 3. The van der Waals surface area contributed by atoms with Crippen LogP contribution >= 0.6 is 0 Å². The van der Waals surface area contributed by atoms with E-state index in [1.54, 1.807) is 24.3 Å². The zero-order valence-electron chi connectivity index (χ0n) is 15.6. The van der Waals surface area contributed by atoms with Gasteiger partial charge in [-0.2, -0.15) is 10.1 Å². The van der Waals surface area contributed by atoms with Gasteiger partial charge in [0, 0.05) is 5.54 Å². The fourth-order valence-electron chi connectivity index (χ4n) is 6.17. The Labute approximate surface area is 163 Å². The minimum absolute atomic E-state index is 0.125. The molecule has 0 radical (unpaired) electrons. The Morgan fingerprint density at radius 2 is 1.61 bits per heavy atom. The average Bonchev–Trinajstić information content (AvgIpc) is 2.94. The summed E-state index contributed by atoms with van der Waals surface area (Å²) in [7, 11) is 0. The number of ketones is 1. The Hall–Kier alpha value is -2.70. The van der Waals surface area contributed by atoms with Crippen molar-refractivity contribution in [3.63, 3.8) is 0 Å². The van der Waals surface area contributed by atoms with Crippen molar-refractivity contribution < 1.29 is 14.4 Å². The van der Waals surface area contributed by atoms with Crippen molar-refractivity contribution in [1.29, 1.82) is 0 Å². The van der Waals surface area contributed by atoms with Crippen LogP contribution in [0.2, 0.25) is 0 Å². The quantitative estimate of drug-likeness (QED) is 0.611. The third-order valence-electron chi connectivity index (χ3n) is 6.87. The van der Waals surface area contributed by atoms with Crippen LogP contribution in [0.15, 0.2) is 35.4 Å². The number of Topliss-reactive ketones (excluding diaryl/α,β-unsaturated/α-hetero) is 1. The third kappa shape index (κ3) is 2.72. The van der Waals surface area contributed by atoms with Gasteiger partial charge in [-0.3, -0.25) is 14.4 Å². The maximum atomic E-state index is 12.8. The molecule has 7 nitrogen and oxygen atoms in total. The van der Waals surface area contributed by atoms with E-state index in [-0.39, 0.29) is 11.4 Å². The molecule has 1 aromatic carbocycles. The van der Waals surface area contributed by atoms with Crippen molar-refractivity contribution in [2.75, 3.05) is 5.01 Å². The summed E-state index contributed by atoms with van der Waals surface area (Å²) < 4.78 is 0. The molecule has 1 atom stereocenters. The lowest BCUT2D eigenvalue weighted by molar-refractivity contribution is -0.144. The van der Waals surface area contributed by atoms with E-state index in [0.717, 1.165) is 24.3 Å². The standard InChI is InChI=1S/C21H24N4O3/c22-18-16(20(28)25(24-18)15-4-2-1-3-5-15)17(26)19(27)23-21-9-12-6-13(10-21)8-14(7-12)11-21/h1-5,12-14,16H,6-11H2,(H2,22,24)(H,23,27)/t12?,13?,14?,16-,21?/m0/s1. The summed E-state index contributed by atoms with van der Waals surface area (Å²) >= 11 is 0. The molecular weight excluding hydrogens is 356 g/mol. The summed E-state index contributed by atoms with van der Waals surface area (Å²) in [4.78, 5) is 38.4. The molecule has 4 saturated carbocycles. The van der Waals surface area contributed by atoms with Crippen LogP contribution in [0.3, 0.4) is 0 Å². The molecule has 1 aromatic rings. The molecule has 0 aromatic heterocycles. The Morgan fingerprint density at radius 3 is 2.18 bits per heavy atom. The van der Waals surface area contributed by atoms with Crippen LogP contribution in [0.5, 0.6) is 0 Å². The normalized spacial score (nSPS) is 35.8. The molecule has 0 saturated heterocycles. The number of nitrogens with one attached hydrogen (secondary N) is 1.